The number of nitrogens with one attached hydrogen (secondary N) is 1. The second-order valence-corrected chi connectivity index (χ2v) is 8.76. The quantitative estimate of drug-likeness (QED) is 0.523. The highest BCUT2D eigenvalue weighted by atomic mass is 32.2. The highest BCUT2D eigenvalue weighted by molar-refractivity contribution is 7.98. The third-order valence-electron chi connectivity index (χ3n) is 5.67. The Balaban J connectivity index is 1.61. The van der Waals surface area contributed by atoms with Gasteiger partial charge in [0.1, 0.15) is 11.9 Å². The summed E-state index contributed by atoms with van der Waals surface area (Å²) in [5.41, 5.74) is 2.55. The molecule has 5 nitrogen and oxygen atoms in total. The van der Waals surface area contributed by atoms with Gasteiger partial charge in [0.05, 0.1) is 17.2 Å². The minimum Gasteiger partial charge on any atom is -0.352 e. The number of hydrogen-bond donors (Lipinski definition) is 1. The number of imidazole rings is 1. The van der Waals surface area contributed by atoms with E-state index < -0.39 is 0 Å². The molecule has 30 heavy (non-hydrogen) atoms. The maximum absolute atomic E-state index is 13.6. The molecular weight excluding hydrogens is 399 g/mol. The van der Waals surface area contributed by atoms with Gasteiger partial charge in [0.2, 0.25) is 5.91 Å². The van der Waals surface area contributed by atoms with Gasteiger partial charge in [0.25, 0.3) is 0 Å². The van der Waals surface area contributed by atoms with Crippen molar-refractivity contribution in [3.05, 3.63) is 54.1 Å². The average molecular weight is 427 g/mol. The first-order valence-electron chi connectivity index (χ1n) is 10.6. The molecule has 0 spiro atoms. The van der Waals surface area contributed by atoms with Gasteiger partial charge in [-0.15, -0.1) is 0 Å². The lowest BCUT2D eigenvalue weighted by atomic mass is 9.95. The number of aromatic nitrogens is 3. The first-order chi connectivity index (χ1) is 14.7. The maximum Gasteiger partial charge on any atom is 0.243 e. The average Bonchev–Trinajstić information content (AvgIpc) is 3.12. The predicted octanol–water partition coefficient (Wildman–Crippen LogP) is 5.26. The number of amides is 1. The summed E-state index contributed by atoms with van der Waals surface area (Å²) in [6.45, 7) is 2.02. The Morgan fingerprint density at radius 2 is 2.13 bits per heavy atom. The summed E-state index contributed by atoms with van der Waals surface area (Å²) < 4.78 is 15.6. The highest BCUT2D eigenvalue weighted by Gasteiger charge is 2.27. The van der Waals surface area contributed by atoms with Gasteiger partial charge in [-0.3, -0.25) is 9.78 Å². The van der Waals surface area contributed by atoms with Gasteiger partial charge in [-0.1, -0.05) is 50.1 Å². The summed E-state index contributed by atoms with van der Waals surface area (Å²) in [7, 11) is 0. The molecule has 2 heterocycles. The number of nitrogens with zero attached hydrogens (tertiary/aromatic N) is 3. The Morgan fingerprint density at radius 1 is 1.30 bits per heavy atom. The first kappa shape index (κ1) is 20.8. The van der Waals surface area contributed by atoms with Crippen LogP contribution in [0.3, 0.4) is 0 Å². The Bertz CT molecular complexity index is 1020. The van der Waals surface area contributed by atoms with Crippen molar-refractivity contribution >= 4 is 28.7 Å². The van der Waals surface area contributed by atoms with Crippen molar-refractivity contribution in [1.82, 2.24) is 19.9 Å². The second-order valence-electron chi connectivity index (χ2n) is 7.81. The van der Waals surface area contributed by atoms with Gasteiger partial charge in [0, 0.05) is 18.0 Å². The number of carbonyl (C=O) groups is 1. The molecular formula is C23H27FN4OS. The molecule has 1 fully saturated rings. The van der Waals surface area contributed by atoms with E-state index in [2.05, 4.69) is 10.3 Å². The van der Waals surface area contributed by atoms with E-state index in [9.17, 15) is 9.18 Å². The zero-order chi connectivity index (χ0) is 20.9. The fourth-order valence-electron chi connectivity index (χ4n) is 4.13. The lowest BCUT2D eigenvalue weighted by Gasteiger charge is -2.26. The number of rotatable bonds is 7. The van der Waals surface area contributed by atoms with Crippen LogP contribution in [0.1, 0.15) is 57.1 Å². The summed E-state index contributed by atoms with van der Waals surface area (Å²) in [6, 6.07) is 8.37. The fourth-order valence-corrected chi connectivity index (χ4v) is 5.13. The third kappa shape index (κ3) is 4.67. The van der Waals surface area contributed by atoms with Crippen molar-refractivity contribution in [3.8, 4) is 0 Å². The summed E-state index contributed by atoms with van der Waals surface area (Å²) in [6.07, 6.45) is 9.84. The molecule has 0 radical (unpaired) electrons. The van der Waals surface area contributed by atoms with E-state index >= 15 is 0 Å². The summed E-state index contributed by atoms with van der Waals surface area (Å²) in [4.78, 5) is 22.2. The molecule has 1 aliphatic carbocycles. The minimum absolute atomic E-state index is 0.0418. The van der Waals surface area contributed by atoms with E-state index in [1.165, 1.54) is 43.2 Å². The van der Waals surface area contributed by atoms with Crippen LogP contribution in [-0.2, 0) is 10.5 Å². The molecule has 1 N–H and O–H groups in total. The maximum atomic E-state index is 13.6. The van der Waals surface area contributed by atoms with Crippen LogP contribution in [0.25, 0.3) is 11.0 Å². The smallest absolute Gasteiger partial charge is 0.243 e. The van der Waals surface area contributed by atoms with Gasteiger partial charge in [-0.2, -0.15) is 0 Å². The number of hydrogen-bond acceptors (Lipinski definition) is 4. The molecule has 4 rings (SSSR count). The molecule has 1 saturated carbocycles. The summed E-state index contributed by atoms with van der Waals surface area (Å²) in [5.74, 6) is 0.374. The number of thioether (sulfide) groups is 1. The van der Waals surface area contributed by atoms with Crippen LogP contribution >= 0.6 is 11.8 Å². The van der Waals surface area contributed by atoms with Crippen LogP contribution in [0.4, 0.5) is 4.39 Å². The number of pyridine rings is 1. The lowest BCUT2D eigenvalue weighted by molar-refractivity contribution is -0.125. The van der Waals surface area contributed by atoms with Gasteiger partial charge in [-0.05, 0) is 43.0 Å². The van der Waals surface area contributed by atoms with Gasteiger partial charge in [-0.25, -0.2) is 9.37 Å². The third-order valence-corrected chi connectivity index (χ3v) is 6.69. The van der Waals surface area contributed by atoms with E-state index in [-0.39, 0.29) is 23.8 Å². The lowest BCUT2D eigenvalue weighted by Crippen LogP contribution is -2.40. The van der Waals surface area contributed by atoms with E-state index in [1.54, 1.807) is 18.5 Å². The highest BCUT2D eigenvalue weighted by Crippen LogP contribution is 2.31. The van der Waals surface area contributed by atoms with Crippen LogP contribution in [0.5, 0.6) is 0 Å². The van der Waals surface area contributed by atoms with Crippen molar-refractivity contribution in [2.75, 3.05) is 0 Å². The Labute approximate surface area is 180 Å². The molecule has 2 aromatic heterocycles. The number of halogens is 1. The molecule has 0 bridgehead atoms. The fraction of sp³-hybridized carbons (Fsp3) is 0.435. The molecule has 1 amide bonds. The molecule has 0 saturated heterocycles. The van der Waals surface area contributed by atoms with Crippen LogP contribution in [0, 0.1) is 5.82 Å². The number of carbonyl (C=O) groups excluding carboxylic acids is 1. The monoisotopic (exact) mass is 426 g/mol. The van der Waals surface area contributed by atoms with Gasteiger partial charge >= 0.3 is 0 Å². The largest absolute Gasteiger partial charge is 0.352 e. The second kappa shape index (κ2) is 9.60. The number of benzene rings is 1. The molecule has 1 aliphatic rings. The molecule has 0 unspecified atom stereocenters. The Kier molecular flexibility index (Phi) is 6.67. The normalized spacial score (nSPS) is 15.9. The van der Waals surface area contributed by atoms with Crippen molar-refractivity contribution in [1.29, 1.82) is 0 Å². The summed E-state index contributed by atoms with van der Waals surface area (Å²) in [5, 5.41) is 4.02. The Hall–Kier alpha value is -2.41. The van der Waals surface area contributed by atoms with Crippen LogP contribution in [-0.4, -0.2) is 26.5 Å². The first-order valence-corrected chi connectivity index (χ1v) is 11.6. The molecule has 0 aliphatic heterocycles. The van der Waals surface area contributed by atoms with Gasteiger partial charge in [0.15, 0.2) is 5.16 Å². The summed E-state index contributed by atoms with van der Waals surface area (Å²) >= 11 is 1.52. The van der Waals surface area contributed by atoms with E-state index in [0.29, 0.717) is 12.2 Å². The van der Waals surface area contributed by atoms with E-state index in [0.717, 1.165) is 34.6 Å². The van der Waals surface area contributed by atoms with Crippen molar-refractivity contribution < 1.29 is 9.18 Å². The molecule has 158 valence electrons. The molecule has 7 heteroatoms. The van der Waals surface area contributed by atoms with Crippen molar-refractivity contribution in [2.45, 2.75) is 68.4 Å². The van der Waals surface area contributed by atoms with E-state index in [4.69, 9.17) is 4.98 Å². The standard InChI is InChI=1S/C23H27FN4OS/c1-2-20(22(29)26-18-9-4-3-5-10-18)28-21-14-25-12-11-19(21)27-23(28)30-15-16-7-6-8-17(24)13-16/h6-8,11-14,18,20H,2-5,9-10,15H2,1H3,(H,26,29)/t20-/m0/s1. The molecule has 1 atom stereocenters. The number of fused-ring (bicyclic) bond motifs is 1. The van der Waals surface area contributed by atoms with Crippen molar-refractivity contribution in [3.63, 3.8) is 0 Å². The molecule has 3 aromatic rings. The predicted molar refractivity (Wildman–Crippen MR) is 118 cm³/mol. The van der Waals surface area contributed by atoms with Crippen LogP contribution in [0.2, 0.25) is 0 Å². The SMILES string of the molecule is CC[C@@H](C(=O)NC1CCCCC1)n1c(SCc2cccc(F)c2)nc2ccncc21. The minimum atomic E-state index is -0.351. The van der Waals surface area contributed by atoms with Crippen molar-refractivity contribution in [2.24, 2.45) is 0 Å². The zero-order valence-corrected chi connectivity index (χ0v) is 18.0. The Morgan fingerprint density at radius 3 is 2.90 bits per heavy atom. The van der Waals surface area contributed by atoms with Crippen LogP contribution in [0.15, 0.2) is 47.9 Å². The van der Waals surface area contributed by atoms with Crippen LogP contribution < -0.4 is 5.32 Å². The van der Waals surface area contributed by atoms with Gasteiger partial charge < -0.3 is 9.88 Å². The molecule has 1 aromatic carbocycles. The topological polar surface area (TPSA) is 59.8 Å². The van der Waals surface area contributed by atoms with E-state index in [1.807, 2.05) is 23.6 Å². The zero-order valence-electron chi connectivity index (χ0n) is 17.2.